The lowest BCUT2D eigenvalue weighted by Crippen LogP contribution is -2.22. The zero-order valence-electron chi connectivity index (χ0n) is 25.8. The lowest BCUT2D eigenvalue weighted by atomic mass is 9.95. The minimum Gasteiger partial charge on any atom is -0.365 e. The van der Waals surface area contributed by atoms with Gasteiger partial charge in [0.2, 0.25) is 5.82 Å². The van der Waals surface area contributed by atoms with E-state index in [2.05, 4.69) is 121 Å². The summed E-state index contributed by atoms with van der Waals surface area (Å²) in [5.41, 5.74) is 6.06. The normalized spacial score (nSPS) is 11.6. The number of H-pyrrole nitrogens is 1. The van der Waals surface area contributed by atoms with Crippen molar-refractivity contribution in [1.82, 2.24) is 50.2 Å². The van der Waals surface area contributed by atoms with Gasteiger partial charge in [0.15, 0.2) is 11.6 Å². The van der Waals surface area contributed by atoms with Gasteiger partial charge >= 0.3 is 0 Å². The molecule has 3 heterocycles. The highest BCUT2D eigenvalue weighted by Crippen LogP contribution is 2.34. The molecule has 0 fully saturated rings. The Morgan fingerprint density at radius 1 is 0.791 bits per heavy atom. The lowest BCUT2D eigenvalue weighted by Gasteiger charge is -2.17. The minimum absolute atomic E-state index is 0.568. The molecule has 5 aromatic rings. The number of fused-ring (bicyclic) bond motifs is 1. The van der Waals surface area contributed by atoms with Gasteiger partial charge in [0.05, 0.1) is 6.54 Å². The van der Waals surface area contributed by atoms with Crippen molar-refractivity contribution in [3.63, 3.8) is 0 Å². The first kappa shape index (κ1) is 30.1. The first-order chi connectivity index (χ1) is 21.0. The Balaban J connectivity index is 1.62. The second kappa shape index (κ2) is 14.2. The van der Waals surface area contributed by atoms with Gasteiger partial charge in [0.25, 0.3) is 0 Å². The van der Waals surface area contributed by atoms with Crippen molar-refractivity contribution in [1.29, 1.82) is 0 Å². The number of anilines is 2. The molecule has 0 spiro atoms. The summed E-state index contributed by atoms with van der Waals surface area (Å²) in [6, 6.07) is 16.7. The van der Waals surface area contributed by atoms with Crippen LogP contribution in [0.4, 0.5) is 11.6 Å². The van der Waals surface area contributed by atoms with Gasteiger partial charge in [-0.2, -0.15) is 5.21 Å². The summed E-state index contributed by atoms with van der Waals surface area (Å²) >= 11 is 0. The number of benzene rings is 2. The number of likely N-dealkylation sites (N-methyl/N-ethyl adjacent to an activating group) is 2. The van der Waals surface area contributed by atoms with E-state index in [1.807, 2.05) is 18.2 Å². The monoisotopic (exact) mass is 582 g/mol. The second-order valence-corrected chi connectivity index (χ2v) is 11.2. The largest absolute Gasteiger partial charge is 0.365 e. The molecule has 3 N–H and O–H groups in total. The Bertz CT molecular complexity index is 1610. The van der Waals surface area contributed by atoms with Crippen molar-refractivity contribution in [3.05, 3.63) is 59.9 Å². The molecule has 0 bridgehead atoms. The predicted octanol–water partition coefficient (Wildman–Crippen LogP) is 4.01. The molecule has 0 aliphatic carbocycles. The van der Waals surface area contributed by atoms with Crippen LogP contribution < -0.4 is 10.6 Å². The van der Waals surface area contributed by atoms with Crippen LogP contribution in [-0.4, -0.2) is 105 Å². The zero-order chi connectivity index (χ0) is 30.2. The summed E-state index contributed by atoms with van der Waals surface area (Å²) in [6.07, 6.45) is 2.98. The summed E-state index contributed by atoms with van der Waals surface area (Å²) in [7, 11) is 8.26. The van der Waals surface area contributed by atoms with E-state index >= 15 is 0 Å². The lowest BCUT2D eigenvalue weighted by molar-refractivity contribution is 0.424. The first-order valence-electron chi connectivity index (χ1n) is 14.9. The van der Waals surface area contributed by atoms with Crippen LogP contribution in [0.5, 0.6) is 0 Å². The number of nitrogens with one attached hydrogen (secondary N) is 3. The fourth-order valence-corrected chi connectivity index (χ4v) is 5.11. The van der Waals surface area contributed by atoms with E-state index in [-0.39, 0.29) is 0 Å². The number of nitrogens with zero attached hydrogens (tertiary/aromatic N) is 9. The van der Waals surface area contributed by atoms with Crippen LogP contribution >= 0.6 is 0 Å². The highest BCUT2D eigenvalue weighted by molar-refractivity contribution is 5.94. The zero-order valence-corrected chi connectivity index (χ0v) is 25.8. The maximum absolute atomic E-state index is 5.21. The van der Waals surface area contributed by atoms with E-state index in [4.69, 9.17) is 4.98 Å². The number of tetrazole rings is 1. The van der Waals surface area contributed by atoms with Crippen molar-refractivity contribution in [2.24, 2.45) is 0 Å². The fraction of sp³-hybridized carbons (Fsp3) is 0.419. The van der Waals surface area contributed by atoms with E-state index in [1.54, 1.807) is 0 Å². The van der Waals surface area contributed by atoms with Gasteiger partial charge in [-0.1, -0.05) is 61.9 Å². The predicted molar refractivity (Wildman–Crippen MR) is 172 cm³/mol. The topological polar surface area (TPSA) is 129 Å². The minimum atomic E-state index is 0.568. The molecule has 0 unspecified atom stereocenters. The summed E-state index contributed by atoms with van der Waals surface area (Å²) in [4.78, 5) is 9.50. The molecule has 5 rings (SSSR count). The number of rotatable bonds is 15. The Kier molecular flexibility index (Phi) is 9.90. The summed E-state index contributed by atoms with van der Waals surface area (Å²) in [5, 5.41) is 31.2. The van der Waals surface area contributed by atoms with Crippen LogP contribution in [0.2, 0.25) is 0 Å². The van der Waals surface area contributed by atoms with E-state index in [9.17, 15) is 0 Å². The number of unbranched alkanes of at least 4 members (excludes halogenated alkanes) is 1. The number of imidazole rings is 1. The van der Waals surface area contributed by atoms with Crippen LogP contribution in [0.25, 0.3) is 33.5 Å². The van der Waals surface area contributed by atoms with Crippen molar-refractivity contribution in [2.45, 2.75) is 32.7 Å². The number of hydrogen-bond acceptors (Lipinski definition) is 10. The van der Waals surface area contributed by atoms with E-state index in [0.29, 0.717) is 18.2 Å². The van der Waals surface area contributed by atoms with Crippen molar-refractivity contribution in [2.75, 3.05) is 65.0 Å². The molecule has 43 heavy (non-hydrogen) atoms. The van der Waals surface area contributed by atoms with Crippen LogP contribution in [0.3, 0.4) is 0 Å². The standard InChI is InChI=1S/C31H42N12/c1-6-7-16-26-34-27-28(31(33-18-20-42(4)5)36-35-30(27)32-17-19-41(2)3)43(26)21-22-12-8-9-13-23(22)24-14-10-11-15-25(24)29-37-39-40-38-29/h8-15H,6-7,16-21H2,1-5H3,(H,32,35)(H,33,36)(H,37,38,39,40). The Morgan fingerprint density at radius 3 is 2.12 bits per heavy atom. The molecule has 0 saturated carbocycles. The maximum Gasteiger partial charge on any atom is 0.205 e. The highest BCUT2D eigenvalue weighted by atomic mass is 15.5. The summed E-state index contributed by atoms with van der Waals surface area (Å²) in [5.74, 6) is 3.05. The molecule has 226 valence electrons. The number of aryl methyl sites for hydroxylation is 1. The molecule has 0 saturated heterocycles. The summed E-state index contributed by atoms with van der Waals surface area (Å²) < 4.78 is 2.32. The van der Waals surface area contributed by atoms with Gasteiger partial charge in [-0.05, 0) is 56.5 Å². The molecule has 2 aromatic carbocycles. The van der Waals surface area contributed by atoms with Gasteiger partial charge in [-0.3, -0.25) is 0 Å². The van der Waals surface area contributed by atoms with Gasteiger partial charge in [-0.15, -0.1) is 20.4 Å². The van der Waals surface area contributed by atoms with Crippen molar-refractivity contribution in [3.8, 4) is 22.5 Å². The summed E-state index contributed by atoms with van der Waals surface area (Å²) in [6.45, 7) is 6.08. The quantitative estimate of drug-likeness (QED) is 0.167. The van der Waals surface area contributed by atoms with Crippen molar-refractivity contribution >= 4 is 22.7 Å². The van der Waals surface area contributed by atoms with Gasteiger partial charge in [-0.25, -0.2) is 4.98 Å². The van der Waals surface area contributed by atoms with Gasteiger partial charge in [0, 0.05) is 38.2 Å². The van der Waals surface area contributed by atoms with E-state index < -0.39 is 0 Å². The molecule has 0 amide bonds. The second-order valence-electron chi connectivity index (χ2n) is 11.2. The third-order valence-corrected chi connectivity index (χ3v) is 7.35. The smallest absolute Gasteiger partial charge is 0.205 e. The molecular formula is C31H42N12. The SMILES string of the molecule is CCCCc1nc2c(NCCN(C)C)nnc(NCCN(C)C)c2n1Cc1ccccc1-c1ccccc1-c1nn[nH]n1. The third kappa shape index (κ3) is 7.15. The van der Waals surface area contributed by atoms with Gasteiger partial charge < -0.3 is 25.0 Å². The third-order valence-electron chi connectivity index (χ3n) is 7.35. The molecule has 12 nitrogen and oxygen atoms in total. The molecule has 0 atom stereocenters. The molecule has 12 heteroatoms. The van der Waals surface area contributed by atoms with Crippen LogP contribution in [0.1, 0.15) is 31.2 Å². The van der Waals surface area contributed by atoms with Crippen LogP contribution in [-0.2, 0) is 13.0 Å². The maximum atomic E-state index is 5.21. The van der Waals surface area contributed by atoms with Gasteiger partial charge in [0.1, 0.15) is 16.9 Å². The number of hydrogen-bond donors (Lipinski definition) is 3. The number of aromatic nitrogens is 8. The molecular weight excluding hydrogens is 540 g/mol. The highest BCUT2D eigenvalue weighted by Gasteiger charge is 2.22. The molecule has 0 aliphatic heterocycles. The molecule has 0 aliphatic rings. The molecule has 0 radical (unpaired) electrons. The first-order valence-corrected chi connectivity index (χ1v) is 14.9. The van der Waals surface area contributed by atoms with Crippen molar-refractivity contribution < 1.29 is 0 Å². The van der Waals surface area contributed by atoms with E-state index in [1.165, 1.54) is 0 Å². The average molecular weight is 583 g/mol. The fourth-order valence-electron chi connectivity index (χ4n) is 5.11. The van der Waals surface area contributed by atoms with E-state index in [0.717, 1.165) is 90.4 Å². The Hall–Kier alpha value is -4.42. The Labute approximate surface area is 252 Å². The average Bonchev–Trinajstić information content (AvgIpc) is 3.66. The number of aromatic amines is 1. The molecule has 3 aromatic heterocycles. The Morgan fingerprint density at radius 2 is 1.44 bits per heavy atom. The van der Waals surface area contributed by atoms with Crippen LogP contribution in [0.15, 0.2) is 48.5 Å². The van der Waals surface area contributed by atoms with Crippen LogP contribution in [0, 0.1) is 0 Å².